The molecule has 3 N–H and O–H groups in total. The molecule has 0 saturated carbocycles. The second-order valence-electron chi connectivity index (χ2n) is 4.19. The minimum Gasteiger partial charge on any atom is -0.545 e. The fourth-order valence-electron chi connectivity index (χ4n) is 1.28. The van der Waals surface area contributed by atoms with Crippen molar-refractivity contribution in [3.63, 3.8) is 0 Å². The molecule has 1 radical (unpaired) electrons. The smallest absolute Gasteiger partial charge is 0.545 e. The first-order valence-electron chi connectivity index (χ1n) is 7.26. The summed E-state index contributed by atoms with van der Waals surface area (Å²) < 4.78 is 0. The molecule has 0 saturated heterocycles. The van der Waals surface area contributed by atoms with E-state index < -0.39 is 11.9 Å². The number of pyridine rings is 2. The number of aromatic nitrogens is 2. The molecule has 0 spiro atoms. The zero-order valence-electron chi connectivity index (χ0n) is 14.8. The van der Waals surface area contributed by atoms with Crippen LogP contribution in [0.4, 0.5) is 11.6 Å². The molecule has 0 aliphatic carbocycles. The van der Waals surface area contributed by atoms with Gasteiger partial charge in [-0.1, -0.05) is 24.3 Å². The van der Waals surface area contributed by atoms with Gasteiger partial charge in [0.1, 0.15) is 11.6 Å². The fraction of sp³-hybridized carbons (Fsp3) is 0.111. The summed E-state index contributed by atoms with van der Waals surface area (Å²) in [6, 6.07) is 11.4. The van der Waals surface area contributed by atoms with Crippen LogP contribution < -0.4 is 15.5 Å². The van der Waals surface area contributed by atoms with Gasteiger partial charge in [0.2, 0.25) is 0 Å². The van der Waals surface area contributed by atoms with Crippen LogP contribution in [0.15, 0.2) is 73.1 Å². The SMILES string of the molecule is C/C=C/C(=O)[O-].C/C=C/C(=O)[O-].O.[Co+2].c1ccc(Nc2ccccn2)nc1. The van der Waals surface area contributed by atoms with Gasteiger partial charge in [-0.05, 0) is 50.3 Å². The van der Waals surface area contributed by atoms with E-state index in [0.29, 0.717) is 0 Å². The third-order valence-electron chi connectivity index (χ3n) is 2.19. The van der Waals surface area contributed by atoms with Crippen molar-refractivity contribution in [1.29, 1.82) is 0 Å². The Morgan fingerprint density at radius 1 is 0.852 bits per heavy atom. The minimum atomic E-state index is -1.14. The Kier molecular flexibility index (Phi) is 20.6. The standard InChI is InChI=1S/C10H9N3.2C4H6O2.Co.H2O/c1-3-7-11-9(5-1)13-10-6-2-4-8-12-10;2*1-2-3-4(5)6;;/h1-8H,(H,11,12,13);2*2-3H,1H3,(H,5,6);;1H2/q;;;+2;/p-2/b;2*3-2+;;. The Labute approximate surface area is 168 Å². The van der Waals surface area contributed by atoms with E-state index in [4.69, 9.17) is 0 Å². The predicted octanol–water partition coefficient (Wildman–Crippen LogP) is 0.0178. The van der Waals surface area contributed by atoms with Crippen molar-refractivity contribution < 1.29 is 42.1 Å². The third kappa shape index (κ3) is 19.2. The number of hydrogen-bond donors (Lipinski definition) is 1. The quantitative estimate of drug-likeness (QED) is 0.688. The van der Waals surface area contributed by atoms with Crippen LogP contribution in [0.2, 0.25) is 0 Å². The number of allylic oxidation sites excluding steroid dienone is 2. The van der Waals surface area contributed by atoms with E-state index in [2.05, 4.69) is 15.3 Å². The molecule has 0 amide bonds. The van der Waals surface area contributed by atoms with Gasteiger partial charge in [0, 0.05) is 12.4 Å². The Balaban J connectivity index is -0.000000354. The molecule has 0 unspecified atom stereocenters. The van der Waals surface area contributed by atoms with Gasteiger partial charge in [0.05, 0.1) is 11.9 Å². The molecule has 147 valence electrons. The second-order valence-corrected chi connectivity index (χ2v) is 4.19. The van der Waals surface area contributed by atoms with E-state index in [1.807, 2.05) is 36.4 Å². The molecule has 2 aromatic rings. The van der Waals surface area contributed by atoms with Gasteiger partial charge < -0.3 is 30.6 Å². The van der Waals surface area contributed by atoms with Crippen LogP contribution in [0, 0.1) is 0 Å². The Bertz CT molecular complexity index is 620. The summed E-state index contributed by atoms with van der Waals surface area (Å²) in [5, 5.41) is 21.9. The number of carbonyl (C=O) groups excluding carboxylic acids is 2. The van der Waals surface area contributed by atoms with E-state index in [9.17, 15) is 19.8 Å². The summed E-state index contributed by atoms with van der Waals surface area (Å²) in [6.07, 6.45) is 8.25. The fourth-order valence-corrected chi connectivity index (χ4v) is 1.28. The van der Waals surface area contributed by atoms with Gasteiger partial charge in [-0.2, -0.15) is 0 Å². The number of anilines is 2. The Morgan fingerprint density at radius 2 is 1.22 bits per heavy atom. The largest absolute Gasteiger partial charge is 2.00 e. The van der Waals surface area contributed by atoms with E-state index in [-0.39, 0.29) is 22.3 Å². The van der Waals surface area contributed by atoms with Crippen molar-refractivity contribution in [2.75, 3.05) is 5.32 Å². The van der Waals surface area contributed by atoms with Crippen molar-refractivity contribution in [2.45, 2.75) is 13.8 Å². The summed E-state index contributed by atoms with van der Waals surface area (Å²) in [5.74, 6) is -0.669. The van der Waals surface area contributed by atoms with Crippen LogP contribution in [-0.4, -0.2) is 27.4 Å². The van der Waals surface area contributed by atoms with Crippen molar-refractivity contribution in [2.24, 2.45) is 0 Å². The molecule has 9 heteroatoms. The Hall–Kier alpha value is -3.01. The molecule has 2 heterocycles. The summed E-state index contributed by atoms with van der Waals surface area (Å²) in [6.45, 7) is 3.24. The first-order chi connectivity index (χ1) is 12.0. The number of nitrogens with zero attached hydrogens (tertiary/aromatic N) is 2. The minimum absolute atomic E-state index is 0. The molecule has 2 rings (SSSR count). The number of carbonyl (C=O) groups is 2. The van der Waals surface area contributed by atoms with E-state index >= 15 is 0 Å². The maximum Gasteiger partial charge on any atom is 2.00 e. The number of rotatable bonds is 4. The first kappa shape index (κ1) is 28.8. The van der Waals surface area contributed by atoms with Crippen LogP contribution in [0.5, 0.6) is 0 Å². The summed E-state index contributed by atoms with van der Waals surface area (Å²) in [5.41, 5.74) is 0. The maximum absolute atomic E-state index is 9.40. The van der Waals surface area contributed by atoms with E-state index in [1.165, 1.54) is 12.2 Å². The zero-order valence-corrected chi connectivity index (χ0v) is 15.8. The number of carboxylic acid groups (broad SMARTS) is 2. The second kappa shape index (κ2) is 19.3. The monoisotopic (exact) mass is 418 g/mol. The molecule has 0 atom stereocenters. The molecule has 0 aliphatic rings. The van der Waals surface area contributed by atoms with Gasteiger partial charge in [0.15, 0.2) is 0 Å². The van der Waals surface area contributed by atoms with Crippen LogP contribution in [0.25, 0.3) is 0 Å². The van der Waals surface area contributed by atoms with Crippen LogP contribution in [0.1, 0.15) is 13.8 Å². The summed E-state index contributed by atoms with van der Waals surface area (Å²) in [7, 11) is 0. The average Bonchev–Trinajstić information content (AvgIpc) is 2.57. The third-order valence-corrected chi connectivity index (χ3v) is 2.19. The maximum atomic E-state index is 9.40. The van der Waals surface area contributed by atoms with Gasteiger partial charge in [-0.15, -0.1) is 0 Å². The molecule has 0 fully saturated rings. The molecule has 0 aliphatic heterocycles. The van der Waals surface area contributed by atoms with Crippen molar-refractivity contribution >= 4 is 23.6 Å². The van der Waals surface area contributed by atoms with E-state index in [1.54, 1.807) is 26.2 Å². The molecule has 0 aromatic carbocycles. The topological polar surface area (TPSA) is 150 Å². The normalized spacial score (nSPS) is 8.81. The van der Waals surface area contributed by atoms with Crippen LogP contribution in [0.3, 0.4) is 0 Å². The van der Waals surface area contributed by atoms with Crippen molar-refractivity contribution in [3.05, 3.63) is 73.1 Å². The average molecular weight is 418 g/mol. The Morgan fingerprint density at radius 3 is 1.41 bits per heavy atom. The van der Waals surface area contributed by atoms with Crippen LogP contribution in [-0.2, 0) is 26.4 Å². The molecular formula is C18H21CoN3O5. The van der Waals surface area contributed by atoms with Gasteiger partial charge in [0.25, 0.3) is 0 Å². The molecular weight excluding hydrogens is 397 g/mol. The number of aliphatic carboxylic acids is 2. The number of hydrogen-bond acceptors (Lipinski definition) is 7. The number of nitrogens with one attached hydrogen (secondary N) is 1. The summed E-state index contributed by atoms with van der Waals surface area (Å²) >= 11 is 0. The molecule has 8 nitrogen and oxygen atoms in total. The first-order valence-corrected chi connectivity index (χ1v) is 7.26. The predicted molar refractivity (Wildman–Crippen MR) is 95.0 cm³/mol. The van der Waals surface area contributed by atoms with Crippen LogP contribution >= 0.6 is 0 Å². The molecule has 27 heavy (non-hydrogen) atoms. The van der Waals surface area contributed by atoms with E-state index in [0.717, 1.165) is 23.8 Å². The van der Waals surface area contributed by atoms with Gasteiger partial charge in [-0.3, -0.25) is 0 Å². The van der Waals surface area contributed by atoms with Gasteiger partial charge >= 0.3 is 16.8 Å². The zero-order chi connectivity index (χ0) is 18.9. The summed E-state index contributed by atoms with van der Waals surface area (Å²) in [4.78, 5) is 27.0. The van der Waals surface area contributed by atoms with Crippen molar-refractivity contribution in [3.8, 4) is 0 Å². The molecule has 2 aromatic heterocycles. The van der Waals surface area contributed by atoms with Crippen molar-refractivity contribution in [1.82, 2.24) is 9.97 Å². The number of carboxylic acids is 2. The molecule has 0 bridgehead atoms. The van der Waals surface area contributed by atoms with Gasteiger partial charge in [-0.25, -0.2) is 9.97 Å².